The van der Waals surface area contributed by atoms with E-state index in [0.717, 1.165) is 5.56 Å². The number of hydrogen-bond donors (Lipinski definition) is 1. The first-order valence-electron chi connectivity index (χ1n) is 8.23. The number of sulfonamides is 1. The number of benzene rings is 1. The van der Waals surface area contributed by atoms with E-state index >= 15 is 0 Å². The van der Waals surface area contributed by atoms with E-state index in [-0.39, 0.29) is 24.4 Å². The number of nitrogens with zero attached hydrogens (tertiary/aromatic N) is 1. The van der Waals surface area contributed by atoms with Crippen molar-refractivity contribution in [3.63, 3.8) is 0 Å². The molecule has 2 rings (SSSR count). The predicted octanol–water partition coefficient (Wildman–Crippen LogP) is 1.55. The van der Waals surface area contributed by atoms with Crippen LogP contribution in [0.4, 0.5) is 0 Å². The molecular formula is C17H26N2O5S. The highest BCUT2D eigenvalue weighted by Crippen LogP contribution is 2.30. The molecule has 1 saturated heterocycles. The Bertz CT molecular complexity index is 720. The van der Waals surface area contributed by atoms with Crippen LogP contribution in [-0.2, 0) is 14.8 Å². The molecule has 0 radical (unpaired) electrons. The molecule has 1 amide bonds. The van der Waals surface area contributed by atoms with Gasteiger partial charge in [-0.2, -0.15) is 0 Å². The van der Waals surface area contributed by atoms with Gasteiger partial charge in [-0.05, 0) is 38.0 Å². The van der Waals surface area contributed by atoms with Crippen LogP contribution in [0, 0.1) is 5.92 Å². The topological polar surface area (TPSA) is 84.9 Å². The average molecular weight is 370 g/mol. The number of amides is 1. The van der Waals surface area contributed by atoms with Gasteiger partial charge in [0.1, 0.15) is 11.5 Å². The lowest BCUT2D eigenvalue weighted by atomic mass is 9.97. The second-order valence-electron chi connectivity index (χ2n) is 6.30. The molecule has 7 nitrogen and oxygen atoms in total. The number of piperidine rings is 1. The average Bonchev–Trinajstić information content (AvgIpc) is 2.60. The molecule has 0 aromatic heterocycles. The van der Waals surface area contributed by atoms with Crippen LogP contribution in [0.5, 0.6) is 11.5 Å². The molecule has 1 aromatic rings. The molecule has 8 heteroatoms. The van der Waals surface area contributed by atoms with Gasteiger partial charge in [-0.1, -0.05) is 0 Å². The Morgan fingerprint density at radius 3 is 2.64 bits per heavy atom. The first kappa shape index (κ1) is 19.5. The van der Waals surface area contributed by atoms with Crippen LogP contribution in [0.25, 0.3) is 0 Å². The molecule has 0 spiro atoms. The van der Waals surface area contributed by atoms with Crippen molar-refractivity contribution >= 4 is 15.9 Å². The van der Waals surface area contributed by atoms with Crippen molar-refractivity contribution in [2.75, 3.05) is 33.6 Å². The van der Waals surface area contributed by atoms with Crippen LogP contribution < -0.4 is 14.8 Å². The third-order valence-corrected chi connectivity index (χ3v) is 5.76. The molecule has 2 atom stereocenters. The summed E-state index contributed by atoms with van der Waals surface area (Å²) in [4.78, 5) is 12.6. The summed E-state index contributed by atoms with van der Waals surface area (Å²) in [6.45, 7) is 2.57. The van der Waals surface area contributed by atoms with Gasteiger partial charge >= 0.3 is 0 Å². The molecule has 1 aliphatic rings. The molecule has 1 aromatic carbocycles. The fraction of sp³-hybridized carbons (Fsp3) is 0.588. The fourth-order valence-corrected chi connectivity index (χ4v) is 3.96. The molecule has 1 aliphatic heterocycles. The van der Waals surface area contributed by atoms with Crippen molar-refractivity contribution in [3.8, 4) is 11.5 Å². The molecule has 0 unspecified atom stereocenters. The monoisotopic (exact) mass is 370 g/mol. The number of methoxy groups -OCH3 is 2. The summed E-state index contributed by atoms with van der Waals surface area (Å²) in [6, 6.07) is 5.13. The zero-order chi connectivity index (χ0) is 18.6. The lowest BCUT2D eigenvalue weighted by Crippen LogP contribution is -2.45. The lowest BCUT2D eigenvalue weighted by molar-refractivity contribution is -0.126. The van der Waals surface area contributed by atoms with Crippen molar-refractivity contribution in [2.24, 2.45) is 5.92 Å². The molecule has 0 saturated carbocycles. The highest BCUT2D eigenvalue weighted by Gasteiger charge is 2.31. The molecular weight excluding hydrogens is 344 g/mol. The molecule has 0 bridgehead atoms. The number of ether oxygens (including phenoxy) is 2. The zero-order valence-corrected chi connectivity index (χ0v) is 15.9. The van der Waals surface area contributed by atoms with E-state index in [1.807, 2.05) is 13.0 Å². The van der Waals surface area contributed by atoms with Gasteiger partial charge in [0.25, 0.3) is 0 Å². The maximum absolute atomic E-state index is 12.6. The summed E-state index contributed by atoms with van der Waals surface area (Å²) in [5.74, 6) is 0.848. The van der Waals surface area contributed by atoms with Gasteiger partial charge in [0.05, 0.1) is 32.4 Å². The minimum absolute atomic E-state index is 0.147. The van der Waals surface area contributed by atoms with Gasteiger partial charge in [0, 0.05) is 18.7 Å². The van der Waals surface area contributed by atoms with Crippen molar-refractivity contribution in [1.29, 1.82) is 0 Å². The van der Waals surface area contributed by atoms with Gasteiger partial charge in [-0.25, -0.2) is 12.7 Å². The summed E-state index contributed by atoms with van der Waals surface area (Å²) in [5, 5.41) is 2.97. The standard InChI is InChI=1S/C17H26N2O5S/c1-12(15-10-14(23-2)7-8-16(15)24-3)18-17(20)13-6-5-9-19(11-13)25(4,21)22/h7-8,10,12-13H,5-6,9,11H2,1-4H3,(H,18,20)/t12-,13-/m0/s1. The van der Waals surface area contributed by atoms with Crippen LogP contribution in [0.2, 0.25) is 0 Å². The third-order valence-electron chi connectivity index (χ3n) is 4.49. The summed E-state index contributed by atoms with van der Waals surface area (Å²) in [5.41, 5.74) is 0.811. The smallest absolute Gasteiger partial charge is 0.224 e. The SMILES string of the molecule is COc1ccc(OC)c([C@H](C)NC(=O)[C@H]2CCCN(S(C)(=O)=O)C2)c1. The molecule has 0 aliphatic carbocycles. The summed E-state index contributed by atoms with van der Waals surface area (Å²) >= 11 is 0. The Morgan fingerprint density at radius 1 is 1.32 bits per heavy atom. The van der Waals surface area contributed by atoms with E-state index in [9.17, 15) is 13.2 Å². The van der Waals surface area contributed by atoms with Crippen molar-refractivity contribution < 1.29 is 22.7 Å². The zero-order valence-electron chi connectivity index (χ0n) is 15.1. The van der Waals surface area contributed by atoms with E-state index in [1.54, 1.807) is 26.4 Å². The van der Waals surface area contributed by atoms with Gasteiger partial charge in [-0.15, -0.1) is 0 Å². The number of nitrogens with one attached hydrogen (secondary N) is 1. The molecule has 140 valence electrons. The van der Waals surface area contributed by atoms with E-state index in [4.69, 9.17) is 9.47 Å². The normalized spacial score (nSPS) is 19.9. The minimum Gasteiger partial charge on any atom is -0.497 e. The quantitative estimate of drug-likeness (QED) is 0.821. The highest BCUT2D eigenvalue weighted by molar-refractivity contribution is 7.88. The van der Waals surface area contributed by atoms with E-state index in [2.05, 4.69) is 5.32 Å². The van der Waals surface area contributed by atoms with Crippen molar-refractivity contribution in [2.45, 2.75) is 25.8 Å². The molecule has 1 fully saturated rings. The first-order chi connectivity index (χ1) is 11.8. The van der Waals surface area contributed by atoms with E-state index in [0.29, 0.717) is 30.9 Å². The number of carbonyl (C=O) groups excluding carboxylic acids is 1. The maximum atomic E-state index is 12.6. The third kappa shape index (κ3) is 4.85. The molecule has 1 heterocycles. The molecule has 25 heavy (non-hydrogen) atoms. The van der Waals surface area contributed by atoms with Crippen LogP contribution in [0.1, 0.15) is 31.4 Å². The Hall–Kier alpha value is -1.80. The minimum atomic E-state index is -3.28. The Morgan fingerprint density at radius 2 is 2.04 bits per heavy atom. The van der Waals surface area contributed by atoms with Crippen LogP contribution in [0.3, 0.4) is 0 Å². The summed E-state index contributed by atoms with van der Waals surface area (Å²) < 4.78 is 35.4. The van der Waals surface area contributed by atoms with Crippen LogP contribution in [-0.4, -0.2) is 52.2 Å². The Balaban J connectivity index is 2.09. The van der Waals surface area contributed by atoms with E-state index in [1.165, 1.54) is 10.6 Å². The highest BCUT2D eigenvalue weighted by atomic mass is 32.2. The predicted molar refractivity (Wildman–Crippen MR) is 95.2 cm³/mol. The largest absolute Gasteiger partial charge is 0.497 e. The van der Waals surface area contributed by atoms with E-state index < -0.39 is 10.0 Å². The van der Waals surface area contributed by atoms with Gasteiger partial charge in [0.15, 0.2) is 0 Å². The van der Waals surface area contributed by atoms with Crippen LogP contribution in [0.15, 0.2) is 18.2 Å². The Labute approximate surface area is 149 Å². The maximum Gasteiger partial charge on any atom is 0.224 e. The van der Waals surface area contributed by atoms with Crippen LogP contribution >= 0.6 is 0 Å². The second kappa shape index (κ2) is 8.05. The van der Waals surface area contributed by atoms with Crippen molar-refractivity contribution in [3.05, 3.63) is 23.8 Å². The number of carbonyl (C=O) groups is 1. The lowest BCUT2D eigenvalue weighted by Gasteiger charge is -2.31. The fourth-order valence-electron chi connectivity index (χ4n) is 3.04. The first-order valence-corrected chi connectivity index (χ1v) is 10.1. The number of hydrogen-bond acceptors (Lipinski definition) is 5. The van der Waals surface area contributed by atoms with Gasteiger partial charge < -0.3 is 14.8 Å². The summed E-state index contributed by atoms with van der Waals surface area (Å²) in [6.07, 6.45) is 2.54. The second-order valence-corrected chi connectivity index (χ2v) is 8.28. The molecule has 1 N–H and O–H groups in total. The van der Waals surface area contributed by atoms with Gasteiger partial charge in [-0.3, -0.25) is 4.79 Å². The van der Waals surface area contributed by atoms with Gasteiger partial charge in [0.2, 0.25) is 15.9 Å². The Kier molecular flexibility index (Phi) is 6.29. The number of rotatable bonds is 6. The van der Waals surface area contributed by atoms with Crippen molar-refractivity contribution in [1.82, 2.24) is 9.62 Å². The summed E-state index contributed by atoms with van der Waals surface area (Å²) in [7, 11) is -0.121.